The lowest BCUT2D eigenvalue weighted by molar-refractivity contribution is 0.836. The van der Waals surface area contributed by atoms with Crippen LogP contribution in [-0.2, 0) is 0 Å². The molecule has 152 valence electrons. The first kappa shape index (κ1) is 17.6. The molecule has 2 heteroatoms. The molecule has 7 rings (SSSR count). The zero-order valence-electron chi connectivity index (χ0n) is 17.6. The van der Waals surface area contributed by atoms with E-state index >= 15 is 0 Å². The topological polar surface area (TPSA) is 17.0 Å². The van der Waals surface area contributed by atoms with E-state index in [-0.39, 0.29) is 0 Å². The summed E-state index contributed by atoms with van der Waals surface area (Å²) in [4.78, 5) is 0. The van der Waals surface area contributed by atoms with Crippen LogP contribution in [0.2, 0.25) is 0 Å². The highest BCUT2D eigenvalue weighted by Crippen LogP contribution is 2.44. The van der Waals surface area contributed by atoms with Gasteiger partial charge >= 0.3 is 0 Å². The third-order valence-electron chi connectivity index (χ3n) is 6.89. The Morgan fingerprint density at radius 3 is 2.44 bits per heavy atom. The van der Waals surface area contributed by atoms with Crippen molar-refractivity contribution in [3.05, 3.63) is 120 Å². The van der Waals surface area contributed by atoms with Crippen LogP contribution in [0.3, 0.4) is 0 Å². The molecule has 0 saturated heterocycles. The van der Waals surface area contributed by atoms with Gasteiger partial charge in [-0.05, 0) is 71.7 Å². The van der Waals surface area contributed by atoms with Crippen molar-refractivity contribution in [1.29, 1.82) is 0 Å². The molecule has 2 nitrogen and oxygen atoms in total. The fourth-order valence-electron chi connectivity index (χ4n) is 5.36. The molecule has 0 fully saturated rings. The van der Waals surface area contributed by atoms with Gasteiger partial charge in [-0.15, -0.1) is 0 Å². The lowest BCUT2D eigenvalue weighted by Gasteiger charge is -2.13. The summed E-state index contributed by atoms with van der Waals surface area (Å²) in [6, 6.07) is 33.1. The maximum Gasteiger partial charge on any atom is 0.0541 e. The summed E-state index contributed by atoms with van der Waals surface area (Å²) in [5, 5.41) is 6.18. The van der Waals surface area contributed by atoms with Crippen molar-refractivity contribution in [3.63, 3.8) is 0 Å². The van der Waals surface area contributed by atoms with Gasteiger partial charge in [0, 0.05) is 33.8 Å². The van der Waals surface area contributed by atoms with Crippen LogP contribution >= 0.6 is 0 Å². The molecule has 0 radical (unpaired) electrons. The van der Waals surface area contributed by atoms with Gasteiger partial charge in [0.25, 0.3) is 0 Å². The second-order valence-corrected chi connectivity index (χ2v) is 8.69. The van der Waals surface area contributed by atoms with E-state index in [1.165, 1.54) is 55.6 Å². The van der Waals surface area contributed by atoms with Gasteiger partial charge < -0.3 is 9.88 Å². The molecule has 1 unspecified atom stereocenters. The summed E-state index contributed by atoms with van der Waals surface area (Å²) >= 11 is 0. The number of aromatic nitrogens is 1. The van der Waals surface area contributed by atoms with E-state index in [4.69, 9.17) is 0 Å². The highest BCUT2D eigenvalue weighted by Gasteiger charge is 2.27. The van der Waals surface area contributed by atoms with Crippen LogP contribution in [0.25, 0.3) is 38.6 Å². The molecule has 0 bridgehead atoms. The maximum atomic E-state index is 3.60. The fraction of sp³-hybridized carbons (Fsp3) is 0.0667. The summed E-state index contributed by atoms with van der Waals surface area (Å²) in [5.74, 6) is 0.457. The number of hydrogen-bond acceptors (Lipinski definition) is 1. The van der Waals surface area contributed by atoms with Crippen molar-refractivity contribution < 1.29 is 0 Å². The van der Waals surface area contributed by atoms with E-state index in [9.17, 15) is 0 Å². The van der Waals surface area contributed by atoms with Crippen LogP contribution in [0.15, 0.2) is 115 Å². The number of nitrogens with zero attached hydrogens (tertiary/aromatic N) is 1. The van der Waals surface area contributed by atoms with Gasteiger partial charge in [0.05, 0.1) is 11.0 Å². The van der Waals surface area contributed by atoms with Gasteiger partial charge in [0.2, 0.25) is 0 Å². The highest BCUT2D eigenvalue weighted by atomic mass is 15.0. The number of benzene rings is 4. The first-order valence-electron chi connectivity index (χ1n) is 11.2. The Kier molecular flexibility index (Phi) is 3.71. The van der Waals surface area contributed by atoms with Gasteiger partial charge in [-0.2, -0.15) is 0 Å². The third kappa shape index (κ3) is 2.53. The zero-order chi connectivity index (χ0) is 21.1. The maximum absolute atomic E-state index is 3.60. The van der Waals surface area contributed by atoms with Crippen LogP contribution < -0.4 is 5.32 Å². The van der Waals surface area contributed by atoms with E-state index in [0.717, 1.165) is 6.42 Å². The molecular weight excluding hydrogens is 388 g/mol. The SMILES string of the molecule is C1=CCC2C(=C1)Nc1ccc(-c3ccc4c(c3)c3ccccc3n4-c3ccccc3)cc12. The number of anilines is 1. The van der Waals surface area contributed by atoms with E-state index in [2.05, 4.69) is 119 Å². The first-order chi connectivity index (χ1) is 15.9. The summed E-state index contributed by atoms with van der Waals surface area (Å²) in [6.45, 7) is 0. The predicted octanol–water partition coefficient (Wildman–Crippen LogP) is 7.80. The van der Waals surface area contributed by atoms with E-state index < -0.39 is 0 Å². The molecule has 32 heavy (non-hydrogen) atoms. The minimum absolute atomic E-state index is 0.457. The fourth-order valence-corrected chi connectivity index (χ4v) is 5.36. The van der Waals surface area contributed by atoms with Crippen molar-refractivity contribution in [2.75, 3.05) is 5.32 Å². The lowest BCUT2D eigenvalue weighted by Crippen LogP contribution is -2.01. The number of nitrogens with one attached hydrogen (secondary N) is 1. The summed E-state index contributed by atoms with van der Waals surface area (Å²) in [5.41, 5.74) is 10.2. The van der Waals surface area contributed by atoms with Gasteiger partial charge in [-0.25, -0.2) is 0 Å². The molecule has 4 aromatic carbocycles. The molecular formula is C30H22N2. The Morgan fingerprint density at radius 1 is 0.719 bits per heavy atom. The summed E-state index contributed by atoms with van der Waals surface area (Å²) in [7, 11) is 0. The van der Waals surface area contributed by atoms with Crippen molar-refractivity contribution in [1.82, 2.24) is 4.57 Å². The molecule has 2 heterocycles. The zero-order valence-corrected chi connectivity index (χ0v) is 17.6. The molecule has 1 aliphatic heterocycles. The Labute approximate surface area is 187 Å². The average molecular weight is 411 g/mol. The monoisotopic (exact) mass is 410 g/mol. The van der Waals surface area contributed by atoms with Crippen LogP contribution in [0.1, 0.15) is 17.9 Å². The molecule has 0 spiro atoms. The van der Waals surface area contributed by atoms with Gasteiger partial charge in [-0.1, -0.05) is 60.7 Å². The van der Waals surface area contributed by atoms with Crippen LogP contribution in [0, 0.1) is 0 Å². The van der Waals surface area contributed by atoms with Crippen molar-refractivity contribution in [2.24, 2.45) is 0 Å². The van der Waals surface area contributed by atoms with Crippen molar-refractivity contribution >= 4 is 27.5 Å². The number of hydrogen-bond donors (Lipinski definition) is 1. The van der Waals surface area contributed by atoms with Crippen LogP contribution in [0.5, 0.6) is 0 Å². The largest absolute Gasteiger partial charge is 0.358 e. The van der Waals surface area contributed by atoms with E-state index in [1.807, 2.05) is 0 Å². The number of allylic oxidation sites excluding steroid dienone is 4. The Morgan fingerprint density at radius 2 is 1.50 bits per heavy atom. The molecule has 1 atom stereocenters. The third-order valence-corrected chi connectivity index (χ3v) is 6.89. The highest BCUT2D eigenvalue weighted by molar-refractivity contribution is 6.10. The van der Waals surface area contributed by atoms with Crippen LogP contribution in [0.4, 0.5) is 5.69 Å². The van der Waals surface area contributed by atoms with E-state index in [1.54, 1.807) is 0 Å². The minimum atomic E-state index is 0.457. The van der Waals surface area contributed by atoms with Gasteiger partial charge in [0.1, 0.15) is 0 Å². The standard InChI is InChI=1S/C30H22N2/c1-2-8-22(9-3-1)32-29-13-7-5-11-24(29)26-19-21(15-17-30(26)32)20-14-16-28-25(18-20)23-10-4-6-12-27(23)31-28/h1-9,11-19,23,31H,10H2. The predicted molar refractivity (Wildman–Crippen MR) is 134 cm³/mol. The number of fused-ring (bicyclic) bond motifs is 6. The van der Waals surface area contributed by atoms with Crippen molar-refractivity contribution in [2.45, 2.75) is 12.3 Å². The number of para-hydroxylation sites is 2. The quantitative estimate of drug-likeness (QED) is 0.314. The smallest absolute Gasteiger partial charge is 0.0541 e. The molecule has 5 aromatic rings. The Hall–Kier alpha value is -4.04. The summed E-state index contributed by atoms with van der Waals surface area (Å²) in [6.07, 6.45) is 7.70. The molecule has 0 saturated carbocycles. The molecule has 1 aliphatic carbocycles. The summed E-state index contributed by atoms with van der Waals surface area (Å²) < 4.78 is 2.37. The molecule has 0 amide bonds. The van der Waals surface area contributed by atoms with Crippen molar-refractivity contribution in [3.8, 4) is 16.8 Å². The Bertz CT molecular complexity index is 1570. The normalized spacial score (nSPS) is 16.6. The average Bonchev–Trinajstić information content (AvgIpc) is 3.39. The van der Waals surface area contributed by atoms with Gasteiger partial charge in [0.15, 0.2) is 0 Å². The number of rotatable bonds is 2. The Balaban J connectivity index is 1.42. The molecule has 1 aromatic heterocycles. The molecule has 2 aliphatic rings. The second kappa shape index (κ2) is 6.73. The first-order valence-corrected chi connectivity index (χ1v) is 11.2. The lowest BCUT2D eigenvalue weighted by atomic mass is 9.90. The van der Waals surface area contributed by atoms with E-state index in [0.29, 0.717) is 5.92 Å². The second-order valence-electron chi connectivity index (χ2n) is 8.69. The molecule has 1 N–H and O–H groups in total. The van der Waals surface area contributed by atoms with Crippen LogP contribution in [-0.4, -0.2) is 4.57 Å². The van der Waals surface area contributed by atoms with Gasteiger partial charge in [-0.3, -0.25) is 0 Å². The minimum Gasteiger partial charge on any atom is -0.358 e.